The predicted octanol–water partition coefficient (Wildman–Crippen LogP) is 2.20. The molecular formula is C9H8BrF2NO3. The number of aromatic hydroxyl groups is 1. The number of methoxy groups -OCH3 is 1. The molecule has 0 saturated heterocycles. The van der Waals surface area contributed by atoms with E-state index in [0.717, 1.165) is 13.3 Å². The second-order valence-corrected chi connectivity index (χ2v) is 3.64. The van der Waals surface area contributed by atoms with Crippen molar-refractivity contribution in [2.45, 2.75) is 12.8 Å². The van der Waals surface area contributed by atoms with E-state index in [1.165, 1.54) is 0 Å². The van der Waals surface area contributed by atoms with Crippen LogP contribution in [0.25, 0.3) is 0 Å². The first kappa shape index (κ1) is 12.8. The third-order valence-electron chi connectivity index (χ3n) is 1.93. The first-order valence-electron chi connectivity index (χ1n) is 4.18. The molecule has 0 bridgehead atoms. The van der Waals surface area contributed by atoms with Crippen molar-refractivity contribution in [3.05, 3.63) is 21.9 Å². The van der Waals surface area contributed by atoms with Crippen molar-refractivity contribution in [1.29, 1.82) is 0 Å². The molecule has 0 aromatic carbocycles. The van der Waals surface area contributed by atoms with Crippen molar-refractivity contribution in [1.82, 2.24) is 4.98 Å². The fourth-order valence-corrected chi connectivity index (χ4v) is 1.46. The molecule has 0 saturated carbocycles. The third-order valence-corrected chi connectivity index (χ3v) is 2.51. The number of carbonyl (C=O) groups excluding carboxylic acids is 1. The lowest BCUT2D eigenvalue weighted by molar-refractivity contribution is -0.139. The standard InChI is InChI=1S/C9H8BrF2NO3/c1-16-6(14)2-4-5(9(11)12)3-13-8(10)7(4)15/h3,9,15H,2H2,1H3. The van der Waals surface area contributed by atoms with Crippen LogP contribution in [0, 0.1) is 0 Å². The van der Waals surface area contributed by atoms with Gasteiger partial charge in [-0.1, -0.05) is 0 Å². The van der Waals surface area contributed by atoms with Gasteiger partial charge in [-0.2, -0.15) is 0 Å². The van der Waals surface area contributed by atoms with E-state index in [1.807, 2.05) is 0 Å². The van der Waals surface area contributed by atoms with Gasteiger partial charge in [0.25, 0.3) is 6.43 Å². The number of ether oxygens (including phenoxy) is 1. The molecule has 0 amide bonds. The molecule has 4 nitrogen and oxygen atoms in total. The average Bonchev–Trinajstić information content (AvgIpc) is 2.24. The lowest BCUT2D eigenvalue weighted by Crippen LogP contribution is -2.08. The maximum atomic E-state index is 12.6. The highest BCUT2D eigenvalue weighted by Crippen LogP contribution is 2.33. The van der Waals surface area contributed by atoms with Gasteiger partial charge < -0.3 is 9.84 Å². The summed E-state index contributed by atoms with van der Waals surface area (Å²) in [5.41, 5.74) is -0.658. The van der Waals surface area contributed by atoms with Crippen LogP contribution in [0.5, 0.6) is 5.75 Å². The molecule has 0 aliphatic carbocycles. The fourth-order valence-electron chi connectivity index (χ4n) is 1.12. The van der Waals surface area contributed by atoms with Gasteiger partial charge in [0, 0.05) is 17.3 Å². The summed E-state index contributed by atoms with van der Waals surface area (Å²) in [4.78, 5) is 14.5. The normalized spacial score (nSPS) is 10.6. The van der Waals surface area contributed by atoms with Gasteiger partial charge in [-0.05, 0) is 15.9 Å². The van der Waals surface area contributed by atoms with E-state index in [1.54, 1.807) is 0 Å². The molecule has 7 heteroatoms. The van der Waals surface area contributed by atoms with E-state index in [-0.39, 0.29) is 10.2 Å². The number of halogens is 3. The van der Waals surface area contributed by atoms with Crippen LogP contribution in [-0.4, -0.2) is 23.2 Å². The summed E-state index contributed by atoms with van der Waals surface area (Å²) in [6.07, 6.45) is -2.33. The van der Waals surface area contributed by atoms with Crippen LogP contribution in [0.1, 0.15) is 17.6 Å². The van der Waals surface area contributed by atoms with Crippen molar-refractivity contribution in [3.63, 3.8) is 0 Å². The van der Waals surface area contributed by atoms with Crippen LogP contribution >= 0.6 is 15.9 Å². The Hall–Kier alpha value is -1.24. The Kier molecular flexibility index (Phi) is 4.17. The van der Waals surface area contributed by atoms with Crippen molar-refractivity contribution in [2.24, 2.45) is 0 Å². The third kappa shape index (κ3) is 2.66. The number of hydrogen-bond acceptors (Lipinski definition) is 4. The van der Waals surface area contributed by atoms with Crippen molar-refractivity contribution in [3.8, 4) is 5.75 Å². The fraction of sp³-hybridized carbons (Fsp3) is 0.333. The van der Waals surface area contributed by atoms with Crippen molar-refractivity contribution >= 4 is 21.9 Å². The van der Waals surface area contributed by atoms with E-state index in [0.29, 0.717) is 0 Å². The van der Waals surface area contributed by atoms with Crippen LogP contribution in [0.15, 0.2) is 10.8 Å². The lowest BCUT2D eigenvalue weighted by Gasteiger charge is -2.10. The van der Waals surface area contributed by atoms with Gasteiger partial charge >= 0.3 is 5.97 Å². The molecule has 1 aromatic rings. The highest BCUT2D eigenvalue weighted by Gasteiger charge is 2.21. The van der Waals surface area contributed by atoms with E-state index in [9.17, 15) is 18.7 Å². The Morgan fingerprint density at radius 1 is 1.69 bits per heavy atom. The van der Waals surface area contributed by atoms with Crippen LogP contribution < -0.4 is 0 Å². The number of alkyl halides is 2. The van der Waals surface area contributed by atoms with Gasteiger partial charge in [0.1, 0.15) is 4.60 Å². The molecule has 0 aliphatic rings. The number of rotatable bonds is 3. The summed E-state index contributed by atoms with van der Waals surface area (Å²) in [6.45, 7) is 0. The maximum Gasteiger partial charge on any atom is 0.310 e. The van der Waals surface area contributed by atoms with E-state index in [4.69, 9.17) is 0 Å². The number of hydrogen-bond donors (Lipinski definition) is 1. The first-order valence-corrected chi connectivity index (χ1v) is 4.97. The Balaban J connectivity index is 3.20. The van der Waals surface area contributed by atoms with Gasteiger partial charge in [-0.3, -0.25) is 4.79 Å². The zero-order valence-electron chi connectivity index (χ0n) is 8.21. The van der Waals surface area contributed by atoms with Gasteiger partial charge in [0.05, 0.1) is 13.5 Å². The van der Waals surface area contributed by atoms with E-state index in [2.05, 4.69) is 25.7 Å². The molecule has 1 N–H and O–H groups in total. The number of nitrogens with zero attached hydrogens (tertiary/aromatic N) is 1. The quantitative estimate of drug-likeness (QED) is 0.686. The van der Waals surface area contributed by atoms with Gasteiger partial charge in [-0.25, -0.2) is 13.8 Å². The Morgan fingerprint density at radius 3 is 2.81 bits per heavy atom. The molecule has 0 atom stereocenters. The highest BCUT2D eigenvalue weighted by molar-refractivity contribution is 9.10. The molecule has 1 aromatic heterocycles. The molecular weight excluding hydrogens is 288 g/mol. The molecule has 0 spiro atoms. The zero-order chi connectivity index (χ0) is 12.3. The SMILES string of the molecule is COC(=O)Cc1c(C(F)F)cnc(Br)c1O. The maximum absolute atomic E-state index is 12.6. The molecule has 0 unspecified atom stereocenters. The number of pyridine rings is 1. The van der Waals surface area contributed by atoms with E-state index >= 15 is 0 Å². The molecule has 1 rings (SSSR count). The highest BCUT2D eigenvalue weighted by atomic mass is 79.9. The molecule has 16 heavy (non-hydrogen) atoms. The summed E-state index contributed by atoms with van der Waals surface area (Å²) in [5.74, 6) is -1.18. The smallest absolute Gasteiger partial charge is 0.310 e. The molecule has 1 heterocycles. The Labute approximate surface area is 98.4 Å². The Bertz CT molecular complexity index is 412. The van der Waals surface area contributed by atoms with Gasteiger partial charge in [0.15, 0.2) is 5.75 Å². The van der Waals surface area contributed by atoms with Crippen LogP contribution in [0.2, 0.25) is 0 Å². The summed E-state index contributed by atoms with van der Waals surface area (Å²) in [5, 5.41) is 9.52. The monoisotopic (exact) mass is 295 g/mol. The molecule has 0 fully saturated rings. The minimum absolute atomic E-state index is 0.0100. The average molecular weight is 296 g/mol. The summed E-state index contributed by atoms with van der Waals surface area (Å²) < 4.78 is 29.5. The van der Waals surface area contributed by atoms with Crippen LogP contribution in [0.3, 0.4) is 0 Å². The predicted molar refractivity (Wildman–Crippen MR) is 54.3 cm³/mol. The minimum atomic E-state index is -2.81. The minimum Gasteiger partial charge on any atom is -0.505 e. The zero-order valence-corrected chi connectivity index (χ0v) is 9.79. The topological polar surface area (TPSA) is 59.4 Å². The number of esters is 1. The van der Waals surface area contributed by atoms with Crippen LogP contribution in [0.4, 0.5) is 8.78 Å². The first-order chi connectivity index (χ1) is 7.47. The largest absolute Gasteiger partial charge is 0.505 e. The molecule has 0 radical (unpaired) electrons. The number of aromatic nitrogens is 1. The second-order valence-electron chi connectivity index (χ2n) is 2.89. The van der Waals surface area contributed by atoms with E-state index < -0.39 is 30.1 Å². The van der Waals surface area contributed by atoms with Crippen molar-refractivity contribution < 1.29 is 23.4 Å². The van der Waals surface area contributed by atoms with Gasteiger partial charge in [0.2, 0.25) is 0 Å². The lowest BCUT2D eigenvalue weighted by atomic mass is 10.1. The molecule has 88 valence electrons. The Morgan fingerprint density at radius 2 is 2.31 bits per heavy atom. The second kappa shape index (κ2) is 5.20. The van der Waals surface area contributed by atoms with Crippen molar-refractivity contribution in [2.75, 3.05) is 7.11 Å². The summed E-state index contributed by atoms with van der Waals surface area (Å²) >= 11 is 2.88. The summed E-state index contributed by atoms with van der Waals surface area (Å²) in [7, 11) is 1.14. The summed E-state index contributed by atoms with van der Waals surface area (Å²) in [6, 6.07) is 0. The number of carbonyl (C=O) groups is 1. The molecule has 0 aliphatic heterocycles. The van der Waals surface area contributed by atoms with Gasteiger partial charge in [-0.15, -0.1) is 0 Å². The van der Waals surface area contributed by atoms with Crippen LogP contribution in [-0.2, 0) is 16.0 Å².